The zero-order chi connectivity index (χ0) is 14.9. The van der Waals surface area contributed by atoms with Gasteiger partial charge in [-0.1, -0.05) is 6.07 Å². The number of aromatic nitrogens is 1. The van der Waals surface area contributed by atoms with Gasteiger partial charge in [0.15, 0.2) is 5.58 Å². The normalized spacial score (nSPS) is 11.0. The van der Waals surface area contributed by atoms with Gasteiger partial charge in [0.05, 0.1) is 13.4 Å². The van der Waals surface area contributed by atoms with Crippen molar-refractivity contribution in [2.24, 2.45) is 0 Å². The molecule has 0 spiro atoms. The maximum atomic E-state index is 5.83. The van der Waals surface area contributed by atoms with Gasteiger partial charge < -0.3 is 13.6 Å². The molecule has 0 aliphatic heterocycles. The van der Waals surface area contributed by atoms with Crippen LogP contribution < -0.4 is 4.74 Å². The molecule has 0 saturated heterocycles. The monoisotopic (exact) mass is 291 g/mol. The first-order valence-corrected chi connectivity index (χ1v) is 6.92. The van der Waals surface area contributed by atoms with Gasteiger partial charge in [-0.05, 0) is 48.5 Å². The zero-order valence-electron chi connectivity index (χ0n) is 11.9. The molecule has 4 rings (SSSR count). The van der Waals surface area contributed by atoms with Gasteiger partial charge in [0, 0.05) is 11.1 Å². The molecule has 0 fully saturated rings. The number of methoxy groups -OCH3 is 1. The van der Waals surface area contributed by atoms with Crippen LogP contribution in [0, 0.1) is 0 Å². The number of oxazole rings is 1. The number of hydrogen-bond acceptors (Lipinski definition) is 4. The van der Waals surface area contributed by atoms with Crippen LogP contribution in [0.15, 0.2) is 69.7 Å². The topological polar surface area (TPSA) is 48.4 Å². The summed E-state index contributed by atoms with van der Waals surface area (Å²) in [5.41, 5.74) is 3.40. The SMILES string of the molecule is COc1cccc(-c2nc3cc(-c4ccco4)ccc3o2)c1. The molecule has 4 aromatic rings. The molecule has 2 aromatic heterocycles. The van der Waals surface area contributed by atoms with E-state index < -0.39 is 0 Å². The Morgan fingerprint density at radius 2 is 1.91 bits per heavy atom. The van der Waals surface area contributed by atoms with Crippen LogP contribution in [0.25, 0.3) is 33.9 Å². The van der Waals surface area contributed by atoms with E-state index in [1.807, 2.05) is 54.6 Å². The first kappa shape index (κ1) is 12.7. The van der Waals surface area contributed by atoms with Gasteiger partial charge in [-0.15, -0.1) is 0 Å². The number of furan rings is 1. The van der Waals surface area contributed by atoms with Crippen LogP contribution in [0.5, 0.6) is 5.75 Å². The largest absolute Gasteiger partial charge is 0.497 e. The van der Waals surface area contributed by atoms with Gasteiger partial charge in [0.2, 0.25) is 5.89 Å². The van der Waals surface area contributed by atoms with Crippen LogP contribution in [0.3, 0.4) is 0 Å². The Morgan fingerprint density at radius 1 is 0.955 bits per heavy atom. The Hall–Kier alpha value is -3.01. The van der Waals surface area contributed by atoms with Crippen molar-refractivity contribution in [3.8, 4) is 28.5 Å². The summed E-state index contributed by atoms with van der Waals surface area (Å²) in [7, 11) is 1.64. The molecule has 22 heavy (non-hydrogen) atoms. The first-order valence-electron chi connectivity index (χ1n) is 6.92. The van der Waals surface area contributed by atoms with Gasteiger partial charge in [-0.2, -0.15) is 0 Å². The number of nitrogens with zero attached hydrogens (tertiary/aromatic N) is 1. The molecule has 0 aliphatic carbocycles. The Kier molecular flexibility index (Phi) is 2.93. The molecule has 0 amide bonds. The molecule has 4 nitrogen and oxygen atoms in total. The molecule has 0 radical (unpaired) electrons. The number of ether oxygens (including phenoxy) is 1. The van der Waals surface area contributed by atoms with Crippen molar-refractivity contribution in [2.75, 3.05) is 7.11 Å². The van der Waals surface area contributed by atoms with Crippen molar-refractivity contribution in [1.82, 2.24) is 4.98 Å². The van der Waals surface area contributed by atoms with Crippen LogP contribution in [-0.4, -0.2) is 12.1 Å². The van der Waals surface area contributed by atoms with Crippen LogP contribution in [0.1, 0.15) is 0 Å². The third kappa shape index (κ3) is 2.15. The van der Waals surface area contributed by atoms with Crippen molar-refractivity contribution < 1.29 is 13.6 Å². The molecule has 0 saturated carbocycles. The van der Waals surface area contributed by atoms with Gasteiger partial charge in [0.1, 0.15) is 17.0 Å². The van der Waals surface area contributed by atoms with Crippen molar-refractivity contribution in [3.05, 3.63) is 60.9 Å². The van der Waals surface area contributed by atoms with Crippen molar-refractivity contribution in [3.63, 3.8) is 0 Å². The maximum Gasteiger partial charge on any atom is 0.227 e. The molecule has 2 heterocycles. The summed E-state index contributed by atoms with van der Waals surface area (Å²) in [6, 6.07) is 17.3. The van der Waals surface area contributed by atoms with E-state index >= 15 is 0 Å². The molecule has 0 atom stereocenters. The standard InChI is InChI=1S/C18H13NO3/c1-20-14-5-2-4-13(10-14)18-19-15-11-12(7-8-17(15)22-18)16-6-3-9-21-16/h2-11H,1H3. The van der Waals surface area contributed by atoms with E-state index in [1.165, 1.54) is 0 Å². The maximum absolute atomic E-state index is 5.83. The molecule has 4 heteroatoms. The zero-order valence-corrected chi connectivity index (χ0v) is 11.9. The smallest absolute Gasteiger partial charge is 0.227 e. The molecule has 2 aromatic carbocycles. The predicted octanol–water partition coefficient (Wildman–Crippen LogP) is 4.76. The Morgan fingerprint density at radius 3 is 2.73 bits per heavy atom. The van der Waals surface area contributed by atoms with E-state index in [0.717, 1.165) is 33.7 Å². The molecule has 0 N–H and O–H groups in total. The van der Waals surface area contributed by atoms with E-state index in [1.54, 1.807) is 13.4 Å². The van der Waals surface area contributed by atoms with Crippen molar-refractivity contribution in [1.29, 1.82) is 0 Å². The second-order valence-electron chi connectivity index (χ2n) is 4.91. The van der Waals surface area contributed by atoms with Crippen LogP contribution in [0.2, 0.25) is 0 Å². The number of fused-ring (bicyclic) bond motifs is 1. The highest BCUT2D eigenvalue weighted by Crippen LogP contribution is 2.29. The van der Waals surface area contributed by atoms with E-state index in [-0.39, 0.29) is 0 Å². The Bertz CT molecular complexity index is 923. The quantitative estimate of drug-likeness (QED) is 0.546. The number of hydrogen-bond donors (Lipinski definition) is 0. The van der Waals surface area contributed by atoms with Crippen LogP contribution >= 0.6 is 0 Å². The van der Waals surface area contributed by atoms with Crippen molar-refractivity contribution >= 4 is 11.1 Å². The lowest BCUT2D eigenvalue weighted by atomic mass is 10.1. The number of rotatable bonds is 3. The lowest BCUT2D eigenvalue weighted by molar-refractivity contribution is 0.415. The molecule has 108 valence electrons. The summed E-state index contributed by atoms with van der Waals surface area (Å²) in [4.78, 5) is 4.57. The Labute approximate surface area is 127 Å². The first-order chi connectivity index (χ1) is 10.8. The summed E-state index contributed by atoms with van der Waals surface area (Å²) in [5, 5.41) is 0. The molecule has 0 bridgehead atoms. The van der Waals surface area contributed by atoms with E-state index in [9.17, 15) is 0 Å². The highest BCUT2D eigenvalue weighted by Gasteiger charge is 2.11. The van der Waals surface area contributed by atoms with E-state index in [2.05, 4.69) is 4.98 Å². The van der Waals surface area contributed by atoms with Gasteiger partial charge in [-0.3, -0.25) is 0 Å². The lowest BCUT2D eigenvalue weighted by Gasteiger charge is -2.00. The van der Waals surface area contributed by atoms with Gasteiger partial charge in [-0.25, -0.2) is 4.98 Å². The van der Waals surface area contributed by atoms with E-state index in [0.29, 0.717) is 5.89 Å². The average Bonchev–Trinajstić information content (AvgIpc) is 3.23. The minimum atomic E-state index is 0.575. The minimum absolute atomic E-state index is 0.575. The third-order valence-corrected chi connectivity index (χ3v) is 3.51. The van der Waals surface area contributed by atoms with Gasteiger partial charge >= 0.3 is 0 Å². The van der Waals surface area contributed by atoms with Gasteiger partial charge in [0.25, 0.3) is 0 Å². The molecule has 0 aliphatic rings. The predicted molar refractivity (Wildman–Crippen MR) is 83.7 cm³/mol. The van der Waals surface area contributed by atoms with Crippen molar-refractivity contribution in [2.45, 2.75) is 0 Å². The molecular formula is C18H13NO3. The average molecular weight is 291 g/mol. The summed E-state index contributed by atoms with van der Waals surface area (Å²) < 4.78 is 16.5. The second-order valence-corrected chi connectivity index (χ2v) is 4.91. The second kappa shape index (κ2) is 5.07. The summed E-state index contributed by atoms with van der Waals surface area (Å²) in [6.07, 6.45) is 1.66. The third-order valence-electron chi connectivity index (χ3n) is 3.51. The lowest BCUT2D eigenvalue weighted by Crippen LogP contribution is -1.83. The number of benzene rings is 2. The van der Waals surface area contributed by atoms with E-state index in [4.69, 9.17) is 13.6 Å². The fourth-order valence-corrected chi connectivity index (χ4v) is 2.40. The Balaban J connectivity index is 1.80. The summed E-state index contributed by atoms with van der Waals surface area (Å²) in [6.45, 7) is 0. The fourth-order valence-electron chi connectivity index (χ4n) is 2.40. The molecular weight excluding hydrogens is 278 g/mol. The highest BCUT2D eigenvalue weighted by atomic mass is 16.5. The molecule has 0 unspecified atom stereocenters. The van der Waals surface area contributed by atoms with Crippen LogP contribution in [0.4, 0.5) is 0 Å². The fraction of sp³-hybridized carbons (Fsp3) is 0.0556. The summed E-state index contributed by atoms with van der Waals surface area (Å²) in [5.74, 6) is 2.16. The highest BCUT2D eigenvalue weighted by molar-refractivity contribution is 5.81. The summed E-state index contributed by atoms with van der Waals surface area (Å²) >= 11 is 0. The van der Waals surface area contributed by atoms with Crippen LogP contribution in [-0.2, 0) is 0 Å². The minimum Gasteiger partial charge on any atom is -0.497 e.